The predicted octanol–water partition coefficient (Wildman–Crippen LogP) is 3.55. The number of fused-ring (bicyclic) bond motifs is 1. The van der Waals surface area contributed by atoms with E-state index in [0.717, 1.165) is 23.9 Å². The Morgan fingerprint density at radius 3 is 2.59 bits per heavy atom. The predicted molar refractivity (Wildman–Crippen MR) is 128 cm³/mol. The Kier molecular flexibility index (Phi) is 6.83. The van der Waals surface area contributed by atoms with E-state index in [9.17, 15) is 24.3 Å². The number of hydrogen-bond acceptors (Lipinski definition) is 4. The molecule has 3 aromatic rings. The number of nitrogens with zero attached hydrogens (tertiary/aromatic N) is 1. The van der Waals surface area contributed by atoms with Gasteiger partial charge in [-0.1, -0.05) is 17.7 Å². The van der Waals surface area contributed by atoms with Crippen molar-refractivity contribution in [1.82, 2.24) is 10.3 Å². The Labute approximate surface area is 200 Å². The minimum absolute atomic E-state index is 0.0621. The molecule has 0 spiro atoms. The van der Waals surface area contributed by atoms with Crippen LogP contribution in [0.5, 0.6) is 0 Å². The molecule has 0 radical (unpaired) electrons. The third-order valence-corrected chi connectivity index (χ3v) is 5.98. The number of anilines is 2. The number of nitrogens with one attached hydrogen (secondary N) is 3. The van der Waals surface area contributed by atoms with E-state index in [1.807, 2.05) is 0 Å². The maximum absolute atomic E-state index is 12.8. The molecule has 34 heavy (non-hydrogen) atoms. The standard InChI is InChI=1S/C24H23ClN4O5/c25-18-13-26-19-11-14(4-9-17(18)19)23(33)28-20(12-22(31)32)24(34)27-15-5-7-16(8-6-15)29-10-2-1-3-21(29)30/h4-9,11,13,20,26H,1-3,10,12H2,(H,27,34)(H,28,33)(H,31,32)/t20-/m0/s1. The number of amides is 3. The van der Waals surface area contributed by atoms with Gasteiger partial charge in [-0.15, -0.1) is 0 Å². The number of carbonyl (C=O) groups is 4. The Balaban J connectivity index is 1.45. The van der Waals surface area contributed by atoms with Gasteiger partial charge in [0.25, 0.3) is 5.91 Å². The number of halogens is 1. The van der Waals surface area contributed by atoms with E-state index < -0.39 is 30.2 Å². The van der Waals surface area contributed by atoms with Gasteiger partial charge in [0, 0.05) is 47.0 Å². The van der Waals surface area contributed by atoms with Gasteiger partial charge in [0.05, 0.1) is 11.4 Å². The van der Waals surface area contributed by atoms with Gasteiger partial charge in [0.1, 0.15) is 6.04 Å². The molecule has 0 unspecified atom stereocenters. The highest BCUT2D eigenvalue weighted by atomic mass is 35.5. The topological polar surface area (TPSA) is 132 Å². The third-order valence-electron chi connectivity index (χ3n) is 5.66. The van der Waals surface area contributed by atoms with Crippen LogP contribution in [0.1, 0.15) is 36.0 Å². The van der Waals surface area contributed by atoms with Crippen LogP contribution in [0.4, 0.5) is 11.4 Å². The number of rotatable bonds is 7. The molecule has 2 aromatic carbocycles. The highest BCUT2D eigenvalue weighted by molar-refractivity contribution is 6.35. The summed E-state index contributed by atoms with van der Waals surface area (Å²) in [6.07, 6.45) is 3.34. The summed E-state index contributed by atoms with van der Waals surface area (Å²) in [6, 6.07) is 10.2. The zero-order valence-corrected chi connectivity index (χ0v) is 18.9. The molecule has 0 saturated carbocycles. The van der Waals surface area contributed by atoms with Crippen LogP contribution in [-0.2, 0) is 14.4 Å². The van der Waals surface area contributed by atoms with Crippen molar-refractivity contribution in [2.45, 2.75) is 31.7 Å². The van der Waals surface area contributed by atoms with Crippen LogP contribution in [0.25, 0.3) is 10.9 Å². The van der Waals surface area contributed by atoms with Gasteiger partial charge in [-0.2, -0.15) is 0 Å². The second-order valence-corrected chi connectivity index (χ2v) is 8.47. The summed E-state index contributed by atoms with van der Waals surface area (Å²) in [5, 5.41) is 15.6. The molecule has 3 amide bonds. The fraction of sp³-hybridized carbons (Fsp3) is 0.250. The van der Waals surface area contributed by atoms with E-state index in [1.165, 1.54) is 0 Å². The van der Waals surface area contributed by atoms with E-state index in [2.05, 4.69) is 15.6 Å². The Morgan fingerprint density at radius 2 is 1.88 bits per heavy atom. The summed E-state index contributed by atoms with van der Waals surface area (Å²) in [5.41, 5.74) is 2.05. The lowest BCUT2D eigenvalue weighted by molar-refractivity contribution is -0.139. The van der Waals surface area contributed by atoms with Crippen LogP contribution in [0.15, 0.2) is 48.7 Å². The average Bonchev–Trinajstić information content (AvgIpc) is 3.19. The molecule has 9 nitrogen and oxygen atoms in total. The fourth-order valence-electron chi connectivity index (χ4n) is 3.89. The van der Waals surface area contributed by atoms with Crippen molar-refractivity contribution in [2.24, 2.45) is 0 Å². The van der Waals surface area contributed by atoms with Crippen LogP contribution < -0.4 is 15.5 Å². The quantitative estimate of drug-likeness (QED) is 0.409. The van der Waals surface area contributed by atoms with E-state index in [4.69, 9.17) is 11.6 Å². The molecule has 10 heteroatoms. The van der Waals surface area contributed by atoms with Crippen molar-refractivity contribution in [3.8, 4) is 0 Å². The number of aromatic nitrogens is 1. The number of carboxylic acid groups (broad SMARTS) is 1. The van der Waals surface area contributed by atoms with Gasteiger partial charge in [0.2, 0.25) is 11.8 Å². The molecule has 1 atom stereocenters. The molecule has 1 saturated heterocycles. The second-order valence-electron chi connectivity index (χ2n) is 8.06. The van der Waals surface area contributed by atoms with Crippen molar-refractivity contribution >= 4 is 57.6 Å². The first-order valence-corrected chi connectivity index (χ1v) is 11.2. The number of carboxylic acids is 1. The third kappa shape index (κ3) is 5.20. The highest BCUT2D eigenvalue weighted by Crippen LogP contribution is 2.24. The van der Waals surface area contributed by atoms with Gasteiger partial charge in [0.15, 0.2) is 0 Å². The zero-order chi connectivity index (χ0) is 24.2. The summed E-state index contributed by atoms with van der Waals surface area (Å²) >= 11 is 6.06. The monoisotopic (exact) mass is 482 g/mol. The summed E-state index contributed by atoms with van der Waals surface area (Å²) in [6.45, 7) is 0.651. The fourth-order valence-corrected chi connectivity index (χ4v) is 4.11. The number of hydrogen-bond donors (Lipinski definition) is 4. The molecule has 4 N–H and O–H groups in total. The summed E-state index contributed by atoms with van der Waals surface area (Å²) < 4.78 is 0. The smallest absolute Gasteiger partial charge is 0.305 e. The lowest BCUT2D eigenvalue weighted by atomic mass is 10.1. The molecule has 1 aliphatic heterocycles. The minimum Gasteiger partial charge on any atom is -0.481 e. The first-order chi connectivity index (χ1) is 16.3. The first-order valence-electron chi connectivity index (χ1n) is 10.8. The van der Waals surface area contributed by atoms with Crippen LogP contribution >= 0.6 is 11.6 Å². The molecular formula is C24H23ClN4O5. The lowest BCUT2D eigenvalue weighted by Crippen LogP contribution is -2.45. The van der Waals surface area contributed by atoms with Crippen LogP contribution in [-0.4, -0.2) is 46.4 Å². The van der Waals surface area contributed by atoms with Crippen molar-refractivity contribution in [1.29, 1.82) is 0 Å². The Bertz CT molecular complexity index is 1250. The van der Waals surface area contributed by atoms with Crippen molar-refractivity contribution in [3.63, 3.8) is 0 Å². The average molecular weight is 483 g/mol. The van der Waals surface area contributed by atoms with Crippen molar-refractivity contribution < 1.29 is 24.3 Å². The molecule has 2 heterocycles. The van der Waals surface area contributed by atoms with Gasteiger partial charge in [-0.25, -0.2) is 0 Å². The molecule has 4 rings (SSSR count). The van der Waals surface area contributed by atoms with Gasteiger partial charge < -0.3 is 25.6 Å². The molecule has 1 fully saturated rings. The molecule has 176 valence electrons. The van der Waals surface area contributed by atoms with Gasteiger partial charge in [-0.05, 0) is 49.2 Å². The Morgan fingerprint density at radius 1 is 1.12 bits per heavy atom. The summed E-state index contributed by atoms with van der Waals surface area (Å²) in [5.74, 6) is -2.42. The maximum atomic E-state index is 12.8. The highest BCUT2D eigenvalue weighted by Gasteiger charge is 2.25. The van der Waals surface area contributed by atoms with Crippen LogP contribution in [0, 0.1) is 0 Å². The number of piperidine rings is 1. The lowest BCUT2D eigenvalue weighted by Gasteiger charge is -2.27. The molecule has 1 aromatic heterocycles. The van der Waals surface area contributed by atoms with E-state index >= 15 is 0 Å². The summed E-state index contributed by atoms with van der Waals surface area (Å²) in [7, 11) is 0. The maximum Gasteiger partial charge on any atom is 0.305 e. The number of H-pyrrole nitrogens is 1. The number of benzene rings is 2. The van der Waals surface area contributed by atoms with Gasteiger partial charge in [-0.3, -0.25) is 19.2 Å². The van der Waals surface area contributed by atoms with Crippen LogP contribution in [0.2, 0.25) is 5.02 Å². The molecule has 0 bridgehead atoms. The molecule has 0 aliphatic carbocycles. The minimum atomic E-state index is -1.30. The van der Waals surface area contributed by atoms with Crippen molar-refractivity contribution in [2.75, 3.05) is 16.8 Å². The molecule has 1 aliphatic rings. The zero-order valence-electron chi connectivity index (χ0n) is 18.1. The largest absolute Gasteiger partial charge is 0.481 e. The number of aliphatic carboxylic acids is 1. The Hall–Kier alpha value is -3.85. The summed E-state index contributed by atoms with van der Waals surface area (Å²) in [4.78, 5) is 53.6. The van der Waals surface area contributed by atoms with E-state index in [0.29, 0.717) is 29.2 Å². The number of aromatic amines is 1. The normalized spacial score (nSPS) is 14.6. The second kappa shape index (κ2) is 9.96. The number of carbonyl (C=O) groups excluding carboxylic acids is 3. The molecular weight excluding hydrogens is 460 g/mol. The van der Waals surface area contributed by atoms with E-state index in [1.54, 1.807) is 53.6 Å². The SMILES string of the molecule is O=C(O)C[C@H](NC(=O)c1ccc2c(Cl)c[nH]c2c1)C(=O)Nc1ccc(N2CCCCC2=O)cc1. The van der Waals surface area contributed by atoms with E-state index in [-0.39, 0.29) is 11.5 Å². The van der Waals surface area contributed by atoms with Crippen molar-refractivity contribution in [3.05, 3.63) is 59.2 Å². The van der Waals surface area contributed by atoms with Crippen LogP contribution in [0.3, 0.4) is 0 Å². The first kappa shape index (κ1) is 23.3. The van der Waals surface area contributed by atoms with Gasteiger partial charge >= 0.3 is 5.97 Å².